The van der Waals surface area contributed by atoms with Crippen LogP contribution in [0.5, 0.6) is 5.75 Å². The van der Waals surface area contributed by atoms with Crippen LogP contribution in [0.15, 0.2) is 24.3 Å². The van der Waals surface area contributed by atoms with Crippen LogP contribution >= 0.6 is 11.6 Å². The average molecular weight is 241 g/mol. The fourth-order valence-corrected chi connectivity index (χ4v) is 1.74. The Morgan fingerprint density at radius 1 is 1.19 bits per heavy atom. The van der Waals surface area contributed by atoms with Crippen molar-refractivity contribution in [3.05, 3.63) is 29.8 Å². The largest absolute Gasteiger partial charge is 0.494 e. The Hall–Kier alpha value is -0.690. The van der Waals surface area contributed by atoms with E-state index in [4.69, 9.17) is 16.3 Å². The van der Waals surface area contributed by atoms with E-state index in [1.165, 1.54) is 12.0 Å². The number of hydrogen-bond donors (Lipinski definition) is 0. The quantitative estimate of drug-likeness (QED) is 0.483. The standard InChI is InChI=1S/C14H21ClO/c1-2-3-11-16-14-9-6-8-13(12-14)7-4-5-10-15/h6,8-9,12H,2-5,7,10-11H2,1H3. The average Bonchev–Trinajstić information content (AvgIpc) is 2.30. The van der Waals surface area contributed by atoms with Crippen LogP contribution in [0.1, 0.15) is 38.2 Å². The molecule has 90 valence electrons. The van der Waals surface area contributed by atoms with Crippen LogP contribution < -0.4 is 4.74 Å². The van der Waals surface area contributed by atoms with Gasteiger partial charge in [0.2, 0.25) is 0 Å². The number of aryl methyl sites for hydroxylation is 1. The predicted molar refractivity (Wildman–Crippen MR) is 70.5 cm³/mol. The van der Waals surface area contributed by atoms with Gasteiger partial charge >= 0.3 is 0 Å². The lowest BCUT2D eigenvalue weighted by atomic mass is 10.1. The Morgan fingerprint density at radius 2 is 2.06 bits per heavy atom. The highest BCUT2D eigenvalue weighted by Gasteiger charge is 1.97. The first-order valence-corrected chi connectivity index (χ1v) is 6.68. The first kappa shape index (κ1) is 13.4. The summed E-state index contributed by atoms with van der Waals surface area (Å²) in [5.41, 5.74) is 1.35. The first-order valence-electron chi connectivity index (χ1n) is 6.14. The fraction of sp³-hybridized carbons (Fsp3) is 0.571. The van der Waals surface area contributed by atoms with Gasteiger partial charge in [0.05, 0.1) is 6.61 Å². The van der Waals surface area contributed by atoms with E-state index < -0.39 is 0 Å². The van der Waals surface area contributed by atoms with Crippen LogP contribution in [-0.4, -0.2) is 12.5 Å². The van der Waals surface area contributed by atoms with Gasteiger partial charge in [-0.25, -0.2) is 0 Å². The summed E-state index contributed by atoms with van der Waals surface area (Å²) in [4.78, 5) is 0. The molecule has 16 heavy (non-hydrogen) atoms. The number of benzene rings is 1. The molecule has 0 aliphatic heterocycles. The van der Waals surface area contributed by atoms with Gasteiger partial charge in [0, 0.05) is 5.88 Å². The highest BCUT2D eigenvalue weighted by molar-refractivity contribution is 6.17. The topological polar surface area (TPSA) is 9.23 Å². The number of ether oxygens (including phenoxy) is 1. The van der Waals surface area contributed by atoms with Gasteiger partial charge in [-0.1, -0.05) is 25.5 Å². The van der Waals surface area contributed by atoms with Gasteiger partial charge in [0.25, 0.3) is 0 Å². The SMILES string of the molecule is CCCCOc1cccc(CCCCCl)c1. The molecule has 0 atom stereocenters. The summed E-state index contributed by atoms with van der Waals surface area (Å²) in [7, 11) is 0. The molecule has 0 saturated heterocycles. The van der Waals surface area contributed by atoms with Gasteiger partial charge in [-0.05, 0) is 43.4 Å². The predicted octanol–water partition coefficient (Wildman–Crippen LogP) is 4.43. The third-order valence-electron chi connectivity index (χ3n) is 2.51. The molecule has 0 unspecified atom stereocenters. The molecule has 0 spiro atoms. The molecule has 0 aromatic heterocycles. The number of hydrogen-bond acceptors (Lipinski definition) is 1. The van der Waals surface area contributed by atoms with Gasteiger partial charge in [0.1, 0.15) is 5.75 Å². The summed E-state index contributed by atoms with van der Waals surface area (Å²) in [5.74, 6) is 1.75. The fourth-order valence-electron chi connectivity index (χ4n) is 1.55. The molecule has 0 amide bonds. The molecule has 1 aromatic carbocycles. The van der Waals surface area contributed by atoms with E-state index in [0.29, 0.717) is 0 Å². The molecular weight excluding hydrogens is 220 g/mol. The van der Waals surface area contributed by atoms with Crippen LogP contribution in [-0.2, 0) is 6.42 Å². The lowest BCUT2D eigenvalue weighted by Gasteiger charge is -2.07. The zero-order chi connectivity index (χ0) is 11.6. The van der Waals surface area contributed by atoms with Crippen molar-refractivity contribution in [3.8, 4) is 5.75 Å². The molecule has 0 aliphatic carbocycles. The Labute approximate surface area is 104 Å². The highest BCUT2D eigenvalue weighted by atomic mass is 35.5. The maximum atomic E-state index is 5.67. The van der Waals surface area contributed by atoms with E-state index in [0.717, 1.165) is 43.9 Å². The van der Waals surface area contributed by atoms with Gasteiger partial charge < -0.3 is 4.74 Å². The summed E-state index contributed by atoms with van der Waals surface area (Å²) >= 11 is 5.66. The van der Waals surface area contributed by atoms with Crippen LogP contribution in [0.25, 0.3) is 0 Å². The third kappa shape index (κ3) is 5.41. The molecule has 0 radical (unpaired) electrons. The zero-order valence-electron chi connectivity index (χ0n) is 10.0. The van der Waals surface area contributed by atoms with Crippen molar-refractivity contribution in [1.82, 2.24) is 0 Å². The maximum Gasteiger partial charge on any atom is 0.119 e. The number of rotatable bonds is 8. The monoisotopic (exact) mass is 240 g/mol. The van der Waals surface area contributed by atoms with Crippen molar-refractivity contribution in [2.45, 2.75) is 39.0 Å². The van der Waals surface area contributed by atoms with Crippen molar-refractivity contribution >= 4 is 11.6 Å². The van der Waals surface area contributed by atoms with Gasteiger partial charge in [-0.3, -0.25) is 0 Å². The van der Waals surface area contributed by atoms with E-state index in [1.807, 2.05) is 6.07 Å². The lowest BCUT2D eigenvalue weighted by Crippen LogP contribution is -1.97. The number of halogens is 1. The summed E-state index contributed by atoms with van der Waals surface area (Å²) in [5, 5.41) is 0. The first-order chi connectivity index (χ1) is 7.86. The second kappa shape index (κ2) is 8.46. The van der Waals surface area contributed by atoms with Crippen molar-refractivity contribution in [1.29, 1.82) is 0 Å². The smallest absolute Gasteiger partial charge is 0.119 e. The molecule has 0 N–H and O–H groups in total. The normalized spacial score (nSPS) is 10.4. The maximum absolute atomic E-state index is 5.67. The van der Waals surface area contributed by atoms with Crippen molar-refractivity contribution in [2.75, 3.05) is 12.5 Å². The van der Waals surface area contributed by atoms with Crippen molar-refractivity contribution < 1.29 is 4.74 Å². The van der Waals surface area contributed by atoms with E-state index in [9.17, 15) is 0 Å². The van der Waals surface area contributed by atoms with Crippen LogP contribution in [0, 0.1) is 0 Å². The highest BCUT2D eigenvalue weighted by Crippen LogP contribution is 2.15. The van der Waals surface area contributed by atoms with Crippen LogP contribution in [0.2, 0.25) is 0 Å². The molecule has 0 saturated carbocycles. The number of unbranched alkanes of at least 4 members (excludes halogenated alkanes) is 2. The Balaban J connectivity index is 2.37. The zero-order valence-corrected chi connectivity index (χ0v) is 10.8. The van der Waals surface area contributed by atoms with Crippen LogP contribution in [0.4, 0.5) is 0 Å². The Kier molecular flexibility index (Phi) is 7.07. The second-order valence-corrected chi connectivity index (χ2v) is 4.37. The minimum absolute atomic E-state index is 0.757. The Bertz CT molecular complexity index is 261. The molecular formula is C14H21ClO. The molecule has 0 fully saturated rings. The third-order valence-corrected chi connectivity index (χ3v) is 2.78. The molecule has 0 bridgehead atoms. The number of alkyl halides is 1. The van der Waals surface area contributed by atoms with Gasteiger partial charge in [-0.2, -0.15) is 0 Å². The second-order valence-electron chi connectivity index (χ2n) is 4.00. The minimum Gasteiger partial charge on any atom is -0.494 e. The summed E-state index contributed by atoms with van der Waals surface area (Å²) in [6, 6.07) is 8.39. The molecule has 0 heterocycles. The van der Waals surface area contributed by atoms with Crippen molar-refractivity contribution in [3.63, 3.8) is 0 Å². The molecule has 0 aliphatic rings. The lowest BCUT2D eigenvalue weighted by molar-refractivity contribution is 0.309. The molecule has 1 aromatic rings. The van der Waals surface area contributed by atoms with Gasteiger partial charge in [-0.15, -0.1) is 11.6 Å². The van der Waals surface area contributed by atoms with Crippen LogP contribution in [0.3, 0.4) is 0 Å². The van der Waals surface area contributed by atoms with Gasteiger partial charge in [0.15, 0.2) is 0 Å². The molecule has 1 nitrogen and oxygen atoms in total. The molecule has 2 heteroatoms. The van der Waals surface area contributed by atoms with E-state index in [2.05, 4.69) is 25.1 Å². The summed E-state index contributed by atoms with van der Waals surface area (Å²) in [6.45, 7) is 2.99. The summed E-state index contributed by atoms with van der Waals surface area (Å²) in [6.07, 6.45) is 5.63. The molecule has 1 rings (SSSR count). The van der Waals surface area contributed by atoms with E-state index >= 15 is 0 Å². The van der Waals surface area contributed by atoms with E-state index in [1.54, 1.807) is 0 Å². The minimum atomic E-state index is 0.757. The summed E-state index contributed by atoms with van der Waals surface area (Å²) < 4.78 is 5.67. The van der Waals surface area contributed by atoms with Crippen molar-refractivity contribution in [2.24, 2.45) is 0 Å². The Morgan fingerprint density at radius 3 is 2.81 bits per heavy atom. The van der Waals surface area contributed by atoms with E-state index in [-0.39, 0.29) is 0 Å².